The van der Waals surface area contributed by atoms with Crippen molar-refractivity contribution in [1.29, 1.82) is 0 Å². The van der Waals surface area contributed by atoms with Crippen LogP contribution in [0.25, 0.3) is 0 Å². The molecule has 0 saturated heterocycles. The summed E-state index contributed by atoms with van der Waals surface area (Å²) in [6, 6.07) is 4.91. The highest BCUT2D eigenvalue weighted by Crippen LogP contribution is 2.30. The van der Waals surface area contributed by atoms with Crippen molar-refractivity contribution in [1.82, 2.24) is 0 Å². The molecule has 0 radical (unpaired) electrons. The Balaban J connectivity index is 3.42. The molecule has 0 aromatic heterocycles. The predicted octanol–water partition coefficient (Wildman–Crippen LogP) is 1.07. The summed E-state index contributed by atoms with van der Waals surface area (Å²) in [5.41, 5.74) is 5.59. The quantitative estimate of drug-likeness (QED) is 0.576. The Kier molecular flexibility index (Phi) is 3.06. The van der Waals surface area contributed by atoms with Crippen molar-refractivity contribution in [2.75, 3.05) is 6.61 Å². The lowest BCUT2D eigenvalue weighted by atomic mass is 9.91. The third-order valence-corrected chi connectivity index (χ3v) is 2.36. The summed E-state index contributed by atoms with van der Waals surface area (Å²) in [7, 11) is 0. The highest BCUT2D eigenvalue weighted by molar-refractivity contribution is 5.50. The molecule has 15 heavy (non-hydrogen) atoms. The summed E-state index contributed by atoms with van der Waals surface area (Å²) in [4.78, 5) is 10.4. The standard InChI is InChI=1S/C10H14N2O3/c1-7-4-3-5-8(9(7)12(14)15)10(2,11)6-13/h3-5,13H,6,11H2,1-2H3. The van der Waals surface area contributed by atoms with Crippen molar-refractivity contribution in [3.05, 3.63) is 39.4 Å². The van der Waals surface area contributed by atoms with Crippen LogP contribution < -0.4 is 5.73 Å². The van der Waals surface area contributed by atoms with Gasteiger partial charge in [0.05, 0.1) is 22.6 Å². The van der Waals surface area contributed by atoms with Crippen LogP contribution in [0.4, 0.5) is 5.69 Å². The molecule has 1 aromatic rings. The molecule has 0 aliphatic heterocycles. The van der Waals surface area contributed by atoms with Crippen LogP contribution >= 0.6 is 0 Å². The van der Waals surface area contributed by atoms with E-state index in [9.17, 15) is 10.1 Å². The number of aryl methyl sites for hydroxylation is 1. The molecule has 0 saturated carbocycles. The highest BCUT2D eigenvalue weighted by atomic mass is 16.6. The molecule has 0 heterocycles. The molecular weight excluding hydrogens is 196 g/mol. The minimum Gasteiger partial charge on any atom is -0.394 e. The first-order valence-corrected chi connectivity index (χ1v) is 4.54. The van der Waals surface area contributed by atoms with Gasteiger partial charge in [-0.05, 0) is 13.8 Å². The maximum absolute atomic E-state index is 10.9. The van der Waals surface area contributed by atoms with E-state index in [4.69, 9.17) is 10.8 Å². The van der Waals surface area contributed by atoms with Crippen LogP contribution in [-0.4, -0.2) is 16.6 Å². The van der Waals surface area contributed by atoms with Crippen LogP contribution in [0.3, 0.4) is 0 Å². The van der Waals surface area contributed by atoms with Gasteiger partial charge in [-0.3, -0.25) is 10.1 Å². The lowest BCUT2D eigenvalue weighted by Crippen LogP contribution is -2.37. The number of nitrogens with zero attached hydrogens (tertiary/aromatic N) is 1. The third-order valence-electron chi connectivity index (χ3n) is 2.36. The average molecular weight is 210 g/mol. The second-order valence-corrected chi connectivity index (χ2v) is 3.80. The van der Waals surface area contributed by atoms with E-state index in [1.165, 1.54) is 0 Å². The lowest BCUT2D eigenvalue weighted by Gasteiger charge is -2.22. The number of hydrogen-bond donors (Lipinski definition) is 2. The van der Waals surface area contributed by atoms with Gasteiger partial charge in [0, 0.05) is 5.56 Å². The van der Waals surface area contributed by atoms with Crippen molar-refractivity contribution in [2.24, 2.45) is 5.73 Å². The minimum absolute atomic E-state index is 0.0171. The summed E-state index contributed by atoms with van der Waals surface area (Å²) >= 11 is 0. The number of aliphatic hydroxyl groups is 1. The third kappa shape index (κ3) is 2.14. The molecular formula is C10H14N2O3. The molecule has 0 fully saturated rings. The summed E-state index contributed by atoms with van der Waals surface area (Å²) in [5.74, 6) is 0. The fourth-order valence-corrected chi connectivity index (χ4v) is 1.45. The molecule has 1 atom stereocenters. The largest absolute Gasteiger partial charge is 0.394 e. The molecule has 0 spiro atoms. The van der Waals surface area contributed by atoms with Gasteiger partial charge in [0.1, 0.15) is 0 Å². The van der Waals surface area contributed by atoms with Gasteiger partial charge in [-0.25, -0.2) is 0 Å². The maximum Gasteiger partial charge on any atom is 0.277 e. The predicted molar refractivity (Wildman–Crippen MR) is 56.5 cm³/mol. The zero-order valence-electron chi connectivity index (χ0n) is 8.73. The Morgan fingerprint density at radius 2 is 2.20 bits per heavy atom. The van der Waals surface area contributed by atoms with E-state index < -0.39 is 10.5 Å². The first-order chi connectivity index (χ1) is 6.90. The Morgan fingerprint density at radius 3 is 2.67 bits per heavy atom. The summed E-state index contributed by atoms with van der Waals surface area (Å²) < 4.78 is 0. The molecule has 0 aliphatic carbocycles. The van der Waals surface area contributed by atoms with Gasteiger partial charge in [-0.2, -0.15) is 0 Å². The Morgan fingerprint density at radius 1 is 1.60 bits per heavy atom. The number of nitro groups is 1. The van der Waals surface area contributed by atoms with Gasteiger partial charge < -0.3 is 10.8 Å². The zero-order valence-corrected chi connectivity index (χ0v) is 8.73. The molecule has 3 N–H and O–H groups in total. The topological polar surface area (TPSA) is 89.4 Å². The van der Waals surface area contributed by atoms with E-state index >= 15 is 0 Å². The van der Waals surface area contributed by atoms with Crippen LogP contribution in [0, 0.1) is 17.0 Å². The molecule has 0 amide bonds. The van der Waals surface area contributed by atoms with E-state index in [2.05, 4.69) is 0 Å². The maximum atomic E-state index is 10.9. The van der Waals surface area contributed by atoms with Gasteiger partial charge in [-0.15, -0.1) is 0 Å². The number of aliphatic hydroxyl groups excluding tert-OH is 1. The normalized spacial score (nSPS) is 14.7. The number of nitrogens with two attached hydrogens (primary N) is 1. The first kappa shape index (κ1) is 11.6. The fourth-order valence-electron chi connectivity index (χ4n) is 1.45. The van der Waals surface area contributed by atoms with Gasteiger partial charge >= 0.3 is 0 Å². The van der Waals surface area contributed by atoms with Crippen LogP contribution in [-0.2, 0) is 5.54 Å². The molecule has 1 aromatic carbocycles. The van der Waals surface area contributed by atoms with Crippen molar-refractivity contribution >= 4 is 5.69 Å². The second kappa shape index (κ2) is 3.96. The molecule has 5 nitrogen and oxygen atoms in total. The van der Waals surface area contributed by atoms with Crippen molar-refractivity contribution in [3.63, 3.8) is 0 Å². The van der Waals surface area contributed by atoms with Crippen molar-refractivity contribution in [2.45, 2.75) is 19.4 Å². The SMILES string of the molecule is Cc1cccc(C(C)(N)CO)c1[N+](=O)[O-]. The van der Waals surface area contributed by atoms with Gasteiger partial charge in [0.2, 0.25) is 0 Å². The summed E-state index contributed by atoms with van der Waals surface area (Å²) in [6.45, 7) is 2.88. The second-order valence-electron chi connectivity index (χ2n) is 3.80. The summed E-state index contributed by atoms with van der Waals surface area (Å²) in [6.07, 6.45) is 0. The van der Waals surface area contributed by atoms with E-state index in [0.717, 1.165) is 0 Å². The fraction of sp³-hybridized carbons (Fsp3) is 0.400. The number of benzene rings is 1. The van der Waals surface area contributed by atoms with E-state index in [0.29, 0.717) is 11.1 Å². The number of nitro benzene ring substituents is 1. The molecule has 82 valence electrons. The Bertz CT molecular complexity index is 388. The molecule has 5 heteroatoms. The summed E-state index contributed by atoms with van der Waals surface area (Å²) in [5, 5.41) is 20.0. The van der Waals surface area contributed by atoms with Gasteiger partial charge in [0.15, 0.2) is 0 Å². The minimum atomic E-state index is -1.09. The highest BCUT2D eigenvalue weighted by Gasteiger charge is 2.29. The zero-order chi connectivity index (χ0) is 11.6. The average Bonchev–Trinajstić information content (AvgIpc) is 2.16. The molecule has 0 bridgehead atoms. The van der Waals surface area contributed by atoms with Gasteiger partial charge in [0.25, 0.3) is 5.69 Å². The molecule has 1 rings (SSSR count). The number of hydrogen-bond acceptors (Lipinski definition) is 4. The number of para-hydroxylation sites is 1. The first-order valence-electron chi connectivity index (χ1n) is 4.54. The van der Waals surface area contributed by atoms with Crippen molar-refractivity contribution in [3.8, 4) is 0 Å². The Labute approximate surface area is 87.7 Å². The van der Waals surface area contributed by atoms with Crippen LogP contribution in [0.15, 0.2) is 18.2 Å². The van der Waals surface area contributed by atoms with Crippen molar-refractivity contribution < 1.29 is 10.0 Å². The smallest absolute Gasteiger partial charge is 0.277 e. The number of rotatable bonds is 3. The van der Waals surface area contributed by atoms with E-state index in [-0.39, 0.29) is 12.3 Å². The Hall–Kier alpha value is -1.46. The lowest BCUT2D eigenvalue weighted by molar-refractivity contribution is -0.386. The van der Waals surface area contributed by atoms with Crippen LogP contribution in [0.1, 0.15) is 18.1 Å². The van der Waals surface area contributed by atoms with Gasteiger partial charge in [-0.1, -0.05) is 18.2 Å². The monoisotopic (exact) mass is 210 g/mol. The van der Waals surface area contributed by atoms with Crippen LogP contribution in [0.2, 0.25) is 0 Å². The van der Waals surface area contributed by atoms with E-state index in [1.54, 1.807) is 32.0 Å². The molecule has 0 aliphatic rings. The molecule has 1 unspecified atom stereocenters. The van der Waals surface area contributed by atoms with Crippen LogP contribution in [0.5, 0.6) is 0 Å². The van der Waals surface area contributed by atoms with E-state index in [1.807, 2.05) is 0 Å².